The van der Waals surface area contributed by atoms with E-state index in [2.05, 4.69) is 25.8 Å². The van der Waals surface area contributed by atoms with Crippen molar-refractivity contribution in [1.29, 1.82) is 0 Å². The third-order valence-corrected chi connectivity index (χ3v) is 3.70. The molecule has 2 aromatic carbocycles. The molecular weight excluding hydrogens is 331 g/mol. The van der Waals surface area contributed by atoms with Crippen molar-refractivity contribution in [1.82, 2.24) is 4.98 Å². The molecule has 0 saturated carbocycles. The van der Waals surface area contributed by atoms with Gasteiger partial charge in [-0.15, -0.1) is 0 Å². The molecule has 6 heteroatoms. The molecule has 0 radical (unpaired) electrons. The number of hydrogen-bond acceptors (Lipinski definition) is 4. The van der Waals surface area contributed by atoms with E-state index in [-0.39, 0.29) is 29.6 Å². The quantitative estimate of drug-likeness (QED) is 0.420. The summed E-state index contributed by atoms with van der Waals surface area (Å²) < 4.78 is 0.910. The van der Waals surface area contributed by atoms with Gasteiger partial charge in [0.2, 0.25) is 0 Å². The van der Waals surface area contributed by atoms with Crippen LogP contribution in [0.5, 0.6) is 0 Å². The second-order valence-electron chi connectivity index (χ2n) is 4.12. The monoisotopic (exact) mass is 340 g/mol. The molecule has 0 unspecified atom stereocenters. The number of pyridine rings is 1. The molecule has 0 aliphatic rings. The van der Waals surface area contributed by atoms with Gasteiger partial charge in [-0.3, -0.25) is 4.98 Å². The Morgan fingerprint density at radius 1 is 1.15 bits per heavy atom. The Labute approximate surface area is 145 Å². The number of carbonyl (C=O) groups excluding carboxylic acids is 1. The normalized spacial score (nSPS) is 10.3. The van der Waals surface area contributed by atoms with Crippen molar-refractivity contribution in [2.24, 2.45) is 5.90 Å². The number of hydrogen-bond donors (Lipinski definition) is 1. The number of fused-ring (bicyclic) bond motifs is 3. The fourth-order valence-electron chi connectivity index (χ4n) is 2.14. The second kappa shape index (κ2) is 6.20. The summed E-state index contributed by atoms with van der Waals surface area (Å²) in [5, 5.41) is 4.06. The van der Waals surface area contributed by atoms with Gasteiger partial charge < -0.3 is 4.84 Å². The van der Waals surface area contributed by atoms with E-state index in [1.807, 2.05) is 24.4 Å². The van der Waals surface area contributed by atoms with Gasteiger partial charge in [-0.1, -0.05) is 22.0 Å². The van der Waals surface area contributed by atoms with Crippen molar-refractivity contribution in [3.8, 4) is 0 Å². The zero-order valence-corrected chi connectivity index (χ0v) is 11.3. The summed E-state index contributed by atoms with van der Waals surface area (Å²) in [6, 6.07) is 9.26. The second-order valence-corrected chi connectivity index (χ2v) is 4.98. The average molecular weight is 341 g/mol. The van der Waals surface area contributed by atoms with Gasteiger partial charge in [0.25, 0.3) is 0 Å². The van der Waals surface area contributed by atoms with E-state index >= 15 is 0 Å². The molecule has 96 valence electrons. The van der Waals surface area contributed by atoms with E-state index in [0.29, 0.717) is 5.56 Å². The zero-order valence-electron chi connectivity index (χ0n) is 9.76. The van der Waals surface area contributed by atoms with Crippen molar-refractivity contribution in [2.45, 2.75) is 0 Å². The standard InChI is InChI=1S/C14H9BrN2O2.Na.H/c15-13-6-8-3-4-17-7-12(8)10-2-1-9(5-11(10)13)14(18)19-16;;/h1-7H,16H2;;. The van der Waals surface area contributed by atoms with Crippen LogP contribution in [-0.4, -0.2) is 40.5 Å². The van der Waals surface area contributed by atoms with E-state index in [1.54, 1.807) is 18.3 Å². The topological polar surface area (TPSA) is 65.2 Å². The molecule has 0 amide bonds. The minimum atomic E-state index is -0.555. The summed E-state index contributed by atoms with van der Waals surface area (Å²) in [6.45, 7) is 0. The van der Waals surface area contributed by atoms with Gasteiger partial charge in [0, 0.05) is 22.3 Å². The van der Waals surface area contributed by atoms with Gasteiger partial charge >= 0.3 is 35.5 Å². The summed E-state index contributed by atoms with van der Waals surface area (Å²) in [6.07, 6.45) is 3.56. The van der Waals surface area contributed by atoms with Crippen LogP contribution in [0.25, 0.3) is 21.5 Å². The van der Waals surface area contributed by atoms with Gasteiger partial charge in [-0.2, -0.15) is 5.90 Å². The molecule has 4 nitrogen and oxygen atoms in total. The van der Waals surface area contributed by atoms with Crippen LogP contribution in [-0.2, 0) is 4.84 Å². The summed E-state index contributed by atoms with van der Waals surface area (Å²) in [4.78, 5) is 19.8. The van der Waals surface area contributed by atoms with Crippen LogP contribution in [0.3, 0.4) is 0 Å². The van der Waals surface area contributed by atoms with E-state index in [9.17, 15) is 4.79 Å². The van der Waals surface area contributed by atoms with E-state index in [1.165, 1.54) is 0 Å². The van der Waals surface area contributed by atoms with Crippen LogP contribution in [0.15, 0.2) is 47.2 Å². The molecule has 2 N–H and O–H groups in total. The third kappa shape index (κ3) is 2.60. The predicted molar refractivity (Wildman–Crippen MR) is 83.7 cm³/mol. The van der Waals surface area contributed by atoms with Crippen LogP contribution in [0.2, 0.25) is 0 Å². The Kier molecular flexibility index (Phi) is 4.78. The fourth-order valence-corrected chi connectivity index (χ4v) is 2.72. The van der Waals surface area contributed by atoms with Crippen LogP contribution >= 0.6 is 15.9 Å². The summed E-state index contributed by atoms with van der Waals surface area (Å²) in [5.41, 5.74) is 0.416. The summed E-state index contributed by atoms with van der Waals surface area (Å²) >= 11 is 3.52. The number of halogens is 1. The van der Waals surface area contributed by atoms with Crippen molar-refractivity contribution in [2.75, 3.05) is 0 Å². The Morgan fingerprint density at radius 3 is 2.70 bits per heavy atom. The van der Waals surface area contributed by atoms with Gasteiger partial charge in [0.15, 0.2) is 0 Å². The van der Waals surface area contributed by atoms with Crippen molar-refractivity contribution in [3.05, 3.63) is 52.8 Å². The molecule has 0 atom stereocenters. The van der Waals surface area contributed by atoms with Gasteiger partial charge in [-0.05, 0) is 40.4 Å². The first-order chi connectivity index (χ1) is 9.20. The first-order valence-corrected chi connectivity index (χ1v) is 6.37. The first kappa shape index (κ1) is 15.4. The van der Waals surface area contributed by atoms with Gasteiger partial charge in [0.1, 0.15) is 0 Å². The molecule has 0 spiro atoms. The number of aromatic nitrogens is 1. The minimum absolute atomic E-state index is 0. The summed E-state index contributed by atoms with van der Waals surface area (Å²) in [5.74, 6) is 4.35. The van der Waals surface area contributed by atoms with Crippen LogP contribution in [0.4, 0.5) is 0 Å². The maximum atomic E-state index is 11.5. The molecule has 0 aliphatic carbocycles. The molecule has 0 saturated heterocycles. The Balaban J connectivity index is 0.00000147. The van der Waals surface area contributed by atoms with Crippen LogP contribution < -0.4 is 5.90 Å². The Hall–Kier alpha value is -0.980. The van der Waals surface area contributed by atoms with E-state index in [0.717, 1.165) is 26.0 Å². The number of nitrogens with zero attached hydrogens (tertiary/aromatic N) is 1. The Bertz CT molecular complexity index is 808. The fraction of sp³-hybridized carbons (Fsp3) is 0. The molecule has 0 fully saturated rings. The number of benzene rings is 2. The molecule has 3 aromatic rings. The molecule has 1 heterocycles. The molecule has 20 heavy (non-hydrogen) atoms. The third-order valence-electron chi connectivity index (χ3n) is 3.05. The molecule has 3 rings (SSSR count). The number of nitrogens with two attached hydrogens (primary N) is 1. The molecule has 0 bridgehead atoms. The Morgan fingerprint density at radius 2 is 1.95 bits per heavy atom. The van der Waals surface area contributed by atoms with Crippen molar-refractivity contribution >= 4 is 73.0 Å². The van der Waals surface area contributed by atoms with Gasteiger partial charge in [0.05, 0.1) is 5.56 Å². The van der Waals surface area contributed by atoms with E-state index in [4.69, 9.17) is 5.90 Å². The maximum absolute atomic E-state index is 11.5. The van der Waals surface area contributed by atoms with Gasteiger partial charge in [-0.25, -0.2) is 4.79 Å². The van der Waals surface area contributed by atoms with Crippen molar-refractivity contribution < 1.29 is 9.63 Å². The predicted octanol–water partition coefficient (Wildman–Crippen LogP) is 2.53. The van der Waals surface area contributed by atoms with Crippen LogP contribution in [0.1, 0.15) is 10.4 Å². The zero-order chi connectivity index (χ0) is 13.4. The van der Waals surface area contributed by atoms with E-state index < -0.39 is 5.97 Å². The molecule has 1 aromatic heterocycles. The molecular formula is C14H10BrN2NaO2. The SMILES string of the molecule is NOC(=O)c1ccc2c(c1)c(Br)cc1ccncc12.[NaH]. The van der Waals surface area contributed by atoms with Crippen molar-refractivity contribution in [3.63, 3.8) is 0 Å². The van der Waals surface area contributed by atoms with Crippen LogP contribution in [0, 0.1) is 0 Å². The average Bonchev–Trinajstić information content (AvgIpc) is 2.46. The summed E-state index contributed by atoms with van der Waals surface area (Å²) in [7, 11) is 0. The first-order valence-electron chi connectivity index (χ1n) is 5.58. The number of rotatable bonds is 1. The molecule has 0 aliphatic heterocycles. The number of carbonyl (C=O) groups is 1.